The Bertz CT molecular complexity index is 708. The first kappa shape index (κ1) is 19.2. The molecule has 1 aromatic rings. The van der Waals surface area contributed by atoms with Crippen LogP contribution in [0.15, 0.2) is 36.6 Å². The molecule has 1 aliphatic rings. The van der Waals surface area contributed by atoms with E-state index in [2.05, 4.69) is 5.32 Å². The highest BCUT2D eigenvalue weighted by molar-refractivity contribution is 6.21. The van der Waals surface area contributed by atoms with Crippen molar-refractivity contribution in [1.82, 2.24) is 10.2 Å². The molecule has 0 aromatic heterocycles. The molecule has 8 nitrogen and oxygen atoms in total. The summed E-state index contributed by atoms with van der Waals surface area (Å²) in [5.41, 5.74) is 0.752. The van der Waals surface area contributed by atoms with Crippen LogP contribution in [0.3, 0.4) is 0 Å². The summed E-state index contributed by atoms with van der Waals surface area (Å²) in [5, 5.41) is 2.42. The van der Waals surface area contributed by atoms with E-state index in [1.807, 2.05) is 0 Å². The van der Waals surface area contributed by atoms with E-state index >= 15 is 0 Å². The number of ether oxygens (including phenoxy) is 2. The summed E-state index contributed by atoms with van der Waals surface area (Å²) >= 11 is 0. The molecule has 3 amide bonds. The summed E-state index contributed by atoms with van der Waals surface area (Å²) in [6.07, 6.45) is 2.57. The molecular weight excluding hydrogens is 340 g/mol. The minimum atomic E-state index is -0.966. The molecular formula is C18H20N2O6. The smallest absolute Gasteiger partial charge is 0.332 e. The fourth-order valence-electron chi connectivity index (χ4n) is 2.43. The fraction of sp³-hybridized carbons (Fsp3) is 0.333. The van der Waals surface area contributed by atoms with Crippen molar-refractivity contribution in [3.05, 3.63) is 47.7 Å². The number of hydrogen-bond donors (Lipinski definition) is 1. The quantitative estimate of drug-likeness (QED) is 0.320. The third kappa shape index (κ3) is 4.47. The number of benzene rings is 1. The van der Waals surface area contributed by atoms with Crippen LogP contribution in [-0.4, -0.2) is 54.4 Å². The van der Waals surface area contributed by atoms with Gasteiger partial charge in [0.25, 0.3) is 11.8 Å². The molecule has 0 spiro atoms. The second kappa shape index (κ2) is 8.80. The van der Waals surface area contributed by atoms with Crippen LogP contribution in [0.2, 0.25) is 0 Å². The van der Waals surface area contributed by atoms with Gasteiger partial charge in [-0.05, 0) is 25.1 Å². The molecule has 138 valence electrons. The standard InChI is InChI=1S/C18H20N2O6/c1-3-26-18(24)15(19-12(2)21)8-10-25-11-9-20-16(22)13-6-4-5-7-14(13)17(20)23/h4-8,10,15H,3,9,11H2,1-2H3,(H,19,21)/b10-8-. The van der Waals surface area contributed by atoms with Gasteiger partial charge in [-0.1, -0.05) is 12.1 Å². The Morgan fingerprint density at radius 3 is 2.35 bits per heavy atom. The van der Waals surface area contributed by atoms with Crippen LogP contribution in [0, 0.1) is 0 Å². The van der Waals surface area contributed by atoms with Crippen LogP contribution < -0.4 is 5.32 Å². The van der Waals surface area contributed by atoms with Gasteiger partial charge in [-0.15, -0.1) is 0 Å². The molecule has 1 aromatic carbocycles. The zero-order valence-electron chi connectivity index (χ0n) is 14.6. The Labute approximate surface area is 150 Å². The molecule has 0 radical (unpaired) electrons. The number of hydrogen-bond acceptors (Lipinski definition) is 6. The van der Waals surface area contributed by atoms with Gasteiger partial charge < -0.3 is 14.8 Å². The van der Waals surface area contributed by atoms with E-state index in [9.17, 15) is 19.2 Å². The Kier molecular flexibility index (Phi) is 6.48. The monoisotopic (exact) mass is 360 g/mol. The molecule has 26 heavy (non-hydrogen) atoms. The fourth-order valence-corrected chi connectivity index (χ4v) is 2.43. The van der Waals surface area contributed by atoms with Gasteiger partial charge in [-0.25, -0.2) is 4.79 Å². The van der Waals surface area contributed by atoms with Crippen LogP contribution >= 0.6 is 0 Å². The lowest BCUT2D eigenvalue weighted by atomic mass is 10.1. The van der Waals surface area contributed by atoms with Gasteiger partial charge in [0.15, 0.2) is 0 Å². The van der Waals surface area contributed by atoms with Gasteiger partial charge in [0.05, 0.1) is 30.5 Å². The van der Waals surface area contributed by atoms with Gasteiger partial charge >= 0.3 is 5.97 Å². The number of imide groups is 1. The SMILES string of the molecule is CCOC(=O)C(/C=C\OCCN1C(=O)c2ccccc2C1=O)NC(C)=O. The number of rotatable bonds is 8. The number of carbonyl (C=O) groups is 4. The third-order valence-electron chi connectivity index (χ3n) is 3.58. The van der Waals surface area contributed by atoms with E-state index in [0.717, 1.165) is 4.90 Å². The Morgan fingerprint density at radius 1 is 1.19 bits per heavy atom. The van der Waals surface area contributed by atoms with Crippen molar-refractivity contribution in [3.63, 3.8) is 0 Å². The Morgan fingerprint density at radius 2 is 1.81 bits per heavy atom. The summed E-state index contributed by atoms with van der Waals surface area (Å²) in [6, 6.07) is 5.64. The number of nitrogens with zero attached hydrogens (tertiary/aromatic N) is 1. The van der Waals surface area contributed by atoms with Crippen molar-refractivity contribution in [2.24, 2.45) is 0 Å². The van der Waals surface area contributed by atoms with Crippen molar-refractivity contribution in [2.75, 3.05) is 19.8 Å². The highest BCUT2D eigenvalue weighted by Crippen LogP contribution is 2.21. The normalized spacial score (nSPS) is 14.3. The second-order valence-electron chi connectivity index (χ2n) is 5.44. The number of esters is 1. The van der Waals surface area contributed by atoms with Crippen LogP contribution in [-0.2, 0) is 19.1 Å². The summed E-state index contributed by atoms with van der Waals surface area (Å²) in [4.78, 5) is 48.3. The lowest BCUT2D eigenvalue weighted by molar-refractivity contribution is -0.145. The number of fused-ring (bicyclic) bond motifs is 1. The average Bonchev–Trinajstić information content (AvgIpc) is 2.85. The molecule has 1 atom stereocenters. The second-order valence-corrected chi connectivity index (χ2v) is 5.44. The Balaban J connectivity index is 1.87. The molecule has 1 N–H and O–H groups in total. The first-order valence-corrected chi connectivity index (χ1v) is 8.13. The topological polar surface area (TPSA) is 102 Å². The number of nitrogens with one attached hydrogen (secondary N) is 1. The molecule has 0 bridgehead atoms. The maximum Gasteiger partial charge on any atom is 0.332 e. The highest BCUT2D eigenvalue weighted by Gasteiger charge is 2.34. The Hall–Kier alpha value is -3.16. The number of carbonyl (C=O) groups excluding carboxylic acids is 4. The summed E-state index contributed by atoms with van der Waals surface area (Å²) in [7, 11) is 0. The molecule has 0 aliphatic carbocycles. The van der Waals surface area contributed by atoms with E-state index in [0.29, 0.717) is 11.1 Å². The first-order chi connectivity index (χ1) is 12.5. The van der Waals surface area contributed by atoms with E-state index in [-0.39, 0.29) is 31.6 Å². The molecule has 0 saturated heterocycles. The van der Waals surface area contributed by atoms with Crippen LogP contribution in [0.1, 0.15) is 34.6 Å². The minimum Gasteiger partial charge on any atom is -0.500 e. The van der Waals surface area contributed by atoms with Crippen molar-refractivity contribution in [3.8, 4) is 0 Å². The van der Waals surface area contributed by atoms with Crippen LogP contribution in [0.5, 0.6) is 0 Å². The largest absolute Gasteiger partial charge is 0.500 e. The average molecular weight is 360 g/mol. The summed E-state index contributed by atoms with van der Waals surface area (Å²) in [5.74, 6) is -1.72. The third-order valence-corrected chi connectivity index (χ3v) is 3.58. The zero-order chi connectivity index (χ0) is 19.1. The van der Waals surface area contributed by atoms with Crippen LogP contribution in [0.25, 0.3) is 0 Å². The van der Waals surface area contributed by atoms with E-state index in [1.165, 1.54) is 19.3 Å². The predicted octanol–water partition coefficient (Wildman–Crippen LogP) is 0.881. The maximum atomic E-state index is 12.2. The lowest BCUT2D eigenvalue weighted by Crippen LogP contribution is -2.39. The van der Waals surface area contributed by atoms with Gasteiger partial charge in [-0.2, -0.15) is 0 Å². The predicted molar refractivity (Wildman–Crippen MR) is 91.1 cm³/mol. The van der Waals surface area contributed by atoms with Crippen molar-refractivity contribution in [1.29, 1.82) is 0 Å². The van der Waals surface area contributed by atoms with Gasteiger partial charge in [0, 0.05) is 6.92 Å². The van der Waals surface area contributed by atoms with Crippen LogP contribution in [0.4, 0.5) is 0 Å². The first-order valence-electron chi connectivity index (χ1n) is 8.13. The lowest BCUT2D eigenvalue weighted by Gasteiger charge is -2.14. The van der Waals surface area contributed by atoms with Gasteiger partial charge in [0.2, 0.25) is 5.91 Å². The highest BCUT2D eigenvalue weighted by atomic mass is 16.5. The molecule has 0 fully saturated rings. The van der Waals surface area contributed by atoms with E-state index < -0.39 is 17.9 Å². The van der Waals surface area contributed by atoms with E-state index in [4.69, 9.17) is 9.47 Å². The molecule has 8 heteroatoms. The van der Waals surface area contributed by atoms with Gasteiger partial charge in [0.1, 0.15) is 12.6 Å². The molecule has 1 unspecified atom stereocenters. The number of amides is 3. The van der Waals surface area contributed by atoms with Crippen molar-refractivity contribution < 1.29 is 28.7 Å². The summed E-state index contributed by atoms with van der Waals surface area (Å²) < 4.78 is 10.1. The summed E-state index contributed by atoms with van der Waals surface area (Å²) in [6.45, 7) is 3.25. The molecule has 1 heterocycles. The molecule has 1 aliphatic heterocycles. The van der Waals surface area contributed by atoms with Gasteiger partial charge in [-0.3, -0.25) is 19.3 Å². The van der Waals surface area contributed by atoms with E-state index in [1.54, 1.807) is 31.2 Å². The molecule has 2 rings (SSSR count). The maximum absolute atomic E-state index is 12.2. The minimum absolute atomic E-state index is 0.0532. The van der Waals surface area contributed by atoms with Crippen molar-refractivity contribution in [2.45, 2.75) is 19.9 Å². The zero-order valence-corrected chi connectivity index (χ0v) is 14.6. The van der Waals surface area contributed by atoms with Crippen molar-refractivity contribution >= 4 is 23.7 Å². The molecule has 0 saturated carbocycles.